The van der Waals surface area contributed by atoms with Gasteiger partial charge in [0.05, 0.1) is 10.3 Å². The van der Waals surface area contributed by atoms with E-state index in [0.717, 1.165) is 6.20 Å². The molecule has 0 aliphatic carbocycles. The Morgan fingerprint density at radius 2 is 2.10 bits per heavy atom. The largest absolute Gasteiger partial charge is 0.373 e. The molecular weight excluding hydrogens is 278 g/mol. The maximum absolute atomic E-state index is 12.1. The zero-order chi connectivity index (χ0) is 16.2. The number of anilines is 1. The molecule has 114 valence electrons. The number of primary amides is 1. The fraction of sp³-hybridized carbons (Fsp3) is 0.417. The van der Waals surface area contributed by atoms with Crippen LogP contribution in [0.15, 0.2) is 12.3 Å². The van der Waals surface area contributed by atoms with Crippen molar-refractivity contribution in [2.24, 2.45) is 11.1 Å². The molecule has 4 N–H and O–H groups in total. The molecule has 0 saturated carbocycles. The van der Waals surface area contributed by atoms with Crippen LogP contribution < -0.4 is 16.4 Å². The van der Waals surface area contributed by atoms with Crippen molar-refractivity contribution in [2.45, 2.75) is 13.8 Å². The third-order valence-corrected chi connectivity index (χ3v) is 2.94. The number of amides is 2. The number of rotatable bonds is 6. The number of carbonyl (C=O) groups is 2. The number of nitro groups is 1. The summed E-state index contributed by atoms with van der Waals surface area (Å²) in [6.07, 6.45) is 1.000. The Bertz CT molecular complexity index is 585. The van der Waals surface area contributed by atoms with Gasteiger partial charge in [-0.1, -0.05) is 0 Å². The molecule has 0 bridgehead atoms. The van der Waals surface area contributed by atoms with Gasteiger partial charge >= 0.3 is 0 Å². The van der Waals surface area contributed by atoms with Crippen molar-refractivity contribution in [2.75, 3.05) is 18.9 Å². The predicted molar refractivity (Wildman–Crippen MR) is 75.7 cm³/mol. The Kier molecular flexibility index (Phi) is 4.79. The van der Waals surface area contributed by atoms with Crippen molar-refractivity contribution in [1.82, 2.24) is 10.3 Å². The molecule has 9 heteroatoms. The lowest BCUT2D eigenvalue weighted by molar-refractivity contribution is -0.385. The summed E-state index contributed by atoms with van der Waals surface area (Å²) < 4.78 is 0. The number of hydrogen-bond donors (Lipinski definition) is 3. The monoisotopic (exact) mass is 295 g/mol. The number of nitrogens with two attached hydrogens (primary N) is 1. The maximum Gasteiger partial charge on any atom is 0.300 e. The molecule has 0 spiro atoms. The Morgan fingerprint density at radius 3 is 2.57 bits per heavy atom. The number of nitrogens with zero attached hydrogens (tertiary/aromatic N) is 2. The van der Waals surface area contributed by atoms with Crippen molar-refractivity contribution >= 4 is 23.3 Å². The van der Waals surface area contributed by atoms with Gasteiger partial charge < -0.3 is 16.4 Å². The van der Waals surface area contributed by atoms with E-state index in [9.17, 15) is 19.7 Å². The van der Waals surface area contributed by atoms with Gasteiger partial charge in [-0.2, -0.15) is 0 Å². The Labute approximate surface area is 121 Å². The fourth-order valence-electron chi connectivity index (χ4n) is 1.40. The van der Waals surface area contributed by atoms with Crippen LogP contribution in [-0.2, 0) is 4.79 Å². The highest BCUT2D eigenvalue weighted by molar-refractivity contribution is 5.99. The molecular formula is C12H17N5O4. The quantitative estimate of drug-likeness (QED) is 0.508. The summed E-state index contributed by atoms with van der Waals surface area (Å²) in [5.74, 6) is -0.933. The first-order chi connectivity index (χ1) is 9.69. The van der Waals surface area contributed by atoms with Gasteiger partial charge in [-0.25, -0.2) is 4.98 Å². The van der Waals surface area contributed by atoms with Gasteiger partial charge in [0.25, 0.3) is 11.6 Å². The number of carbonyl (C=O) groups excluding carboxylic acids is 2. The van der Waals surface area contributed by atoms with Gasteiger partial charge in [0.2, 0.25) is 5.91 Å². The predicted octanol–water partition coefficient (Wildman–Crippen LogP) is 0.273. The first-order valence-electron chi connectivity index (χ1n) is 6.09. The van der Waals surface area contributed by atoms with E-state index >= 15 is 0 Å². The molecule has 0 radical (unpaired) electrons. The Morgan fingerprint density at radius 1 is 1.48 bits per heavy atom. The van der Waals surface area contributed by atoms with Gasteiger partial charge in [-0.05, 0) is 13.8 Å². The zero-order valence-electron chi connectivity index (χ0n) is 12.0. The number of aromatic nitrogens is 1. The molecule has 0 unspecified atom stereocenters. The summed E-state index contributed by atoms with van der Waals surface area (Å²) >= 11 is 0. The third-order valence-electron chi connectivity index (χ3n) is 2.94. The van der Waals surface area contributed by atoms with Gasteiger partial charge in [-0.3, -0.25) is 19.7 Å². The van der Waals surface area contributed by atoms with Crippen LogP contribution in [0.1, 0.15) is 24.2 Å². The number of nitrogens with one attached hydrogen (secondary N) is 2. The number of pyridine rings is 1. The first-order valence-corrected chi connectivity index (χ1v) is 6.09. The average Bonchev–Trinajstić information content (AvgIpc) is 2.43. The highest BCUT2D eigenvalue weighted by Crippen LogP contribution is 2.20. The van der Waals surface area contributed by atoms with Crippen LogP contribution >= 0.6 is 0 Å². The Hall–Kier alpha value is -2.71. The summed E-state index contributed by atoms with van der Waals surface area (Å²) in [4.78, 5) is 37.3. The molecule has 1 heterocycles. The van der Waals surface area contributed by atoms with Gasteiger partial charge in [0.1, 0.15) is 17.6 Å². The Balaban J connectivity index is 3.01. The van der Waals surface area contributed by atoms with E-state index in [0.29, 0.717) is 5.82 Å². The van der Waals surface area contributed by atoms with E-state index in [1.807, 2.05) is 0 Å². The van der Waals surface area contributed by atoms with E-state index in [2.05, 4.69) is 15.6 Å². The molecule has 0 aliphatic rings. The topological polar surface area (TPSA) is 140 Å². The van der Waals surface area contributed by atoms with Crippen LogP contribution in [-0.4, -0.2) is 35.3 Å². The minimum absolute atomic E-state index is 0.0322. The van der Waals surface area contributed by atoms with Crippen molar-refractivity contribution < 1.29 is 14.5 Å². The lowest BCUT2D eigenvalue weighted by Crippen LogP contribution is -2.42. The number of hydrogen-bond acceptors (Lipinski definition) is 6. The highest BCUT2D eigenvalue weighted by atomic mass is 16.6. The summed E-state index contributed by atoms with van der Waals surface area (Å²) in [6, 6.07) is 1.27. The SMILES string of the molecule is CNc1cc(C(=O)NCC(C)(C)C(N)=O)c([N+](=O)[O-])cn1. The maximum atomic E-state index is 12.1. The van der Waals surface area contributed by atoms with Gasteiger partial charge in [-0.15, -0.1) is 0 Å². The lowest BCUT2D eigenvalue weighted by atomic mass is 9.92. The van der Waals surface area contributed by atoms with E-state index in [1.54, 1.807) is 20.9 Å². The molecule has 1 aromatic rings. The third kappa shape index (κ3) is 3.88. The minimum atomic E-state index is -0.955. The smallest absolute Gasteiger partial charge is 0.300 e. The minimum Gasteiger partial charge on any atom is -0.373 e. The average molecular weight is 295 g/mol. The summed E-state index contributed by atoms with van der Waals surface area (Å²) in [5, 5.41) is 16.1. The second kappa shape index (κ2) is 6.16. The molecule has 2 amide bonds. The van der Waals surface area contributed by atoms with Crippen LogP contribution in [0, 0.1) is 15.5 Å². The van der Waals surface area contributed by atoms with E-state index in [4.69, 9.17) is 5.73 Å². The van der Waals surface area contributed by atoms with Crippen molar-refractivity contribution in [3.05, 3.63) is 27.9 Å². The second-order valence-corrected chi connectivity index (χ2v) is 5.02. The second-order valence-electron chi connectivity index (χ2n) is 5.02. The molecule has 0 fully saturated rings. The van der Waals surface area contributed by atoms with Gasteiger partial charge in [0, 0.05) is 19.7 Å². The van der Waals surface area contributed by atoms with Crippen LogP contribution in [0.5, 0.6) is 0 Å². The lowest BCUT2D eigenvalue weighted by Gasteiger charge is -2.20. The molecule has 0 atom stereocenters. The van der Waals surface area contributed by atoms with Crippen LogP contribution in [0.3, 0.4) is 0 Å². The van der Waals surface area contributed by atoms with Crippen LogP contribution in [0.4, 0.5) is 11.5 Å². The summed E-state index contributed by atoms with van der Waals surface area (Å²) in [6.45, 7) is 3.10. The van der Waals surface area contributed by atoms with Crippen LogP contribution in [0.25, 0.3) is 0 Å². The summed E-state index contributed by atoms with van der Waals surface area (Å²) in [7, 11) is 1.58. The molecule has 1 rings (SSSR count). The highest BCUT2D eigenvalue weighted by Gasteiger charge is 2.27. The first kappa shape index (κ1) is 16.3. The van der Waals surface area contributed by atoms with E-state index < -0.39 is 27.8 Å². The van der Waals surface area contributed by atoms with Crippen LogP contribution in [0.2, 0.25) is 0 Å². The van der Waals surface area contributed by atoms with Gasteiger partial charge in [0.15, 0.2) is 0 Å². The standard InChI is InChI=1S/C12H17N5O4/c1-12(2,11(13)19)6-16-10(18)7-4-9(14-3)15-5-8(7)17(20)21/h4-5H,6H2,1-3H3,(H2,13,19)(H,14,15)(H,16,18). The molecule has 9 nitrogen and oxygen atoms in total. The molecule has 21 heavy (non-hydrogen) atoms. The zero-order valence-corrected chi connectivity index (χ0v) is 12.0. The van der Waals surface area contributed by atoms with Crippen molar-refractivity contribution in [1.29, 1.82) is 0 Å². The normalized spacial score (nSPS) is 10.8. The molecule has 0 aliphatic heterocycles. The fourth-order valence-corrected chi connectivity index (χ4v) is 1.40. The molecule has 0 aromatic carbocycles. The van der Waals surface area contributed by atoms with Crippen molar-refractivity contribution in [3.8, 4) is 0 Å². The van der Waals surface area contributed by atoms with E-state index in [-0.39, 0.29) is 12.1 Å². The summed E-state index contributed by atoms with van der Waals surface area (Å²) in [5.41, 5.74) is 3.69. The van der Waals surface area contributed by atoms with E-state index in [1.165, 1.54) is 6.07 Å². The molecule has 1 aromatic heterocycles. The molecule has 0 saturated heterocycles. The van der Waals surface area contributed by atoms with Crippen molar-refractivity contribution in [3.63, 3.8) is 0 Å².